The second-order valence-corrected chi connectivity index (χ2v) is 6.86. The van der Waals surface area contributed by atoms with Gasteiger partial charge in [0.05, 0.1) is 26.4 Å². The molecule has 7 nitrogen and oxygen atoms in total. The third-order valence-corrected chi connectivity index (χ3v) is 4.44. The Kier molecular flexibility index (Phi) is 10.9. The highest BCUT2D eigenvalue weighted by molar-refractivity contribution is 14.0. The van der Waals surface area contributed by atoms with Gasteiger partial charge in [0.15, 0.2) is 5.96 Å². The smallest absolute Gasteiger partial charge is 0.218 e. The maximum atomic E-state index is 5.58. The number of rotatable bonds is 8. The van der Waals surface area contributed by atoms with Crippen LogP contribution in [0.3, 0.4) is 0 Å². The molecule has 8 heteroatoms. The van der Waals surface area contributed by atoms with Gasteiger partial charge in [0, 0.05) is 43.5 Å². The summed E-state index contributed by atoms with van der Waals surface area (Å²) >= 11 is 0. The number of ether oxygens (including phenoxy) is 2. The van der Waals surface area contributed by atoms with Crippen LogP contribution in [-0.4, -0.2) is 67.4 Å². The lowest BCUT2D eigenvalue weighted by Gasteiger charge is -2.41. The molecule has 1 saturated heterocycles. The van der Waals surface area contributed by atoms with E-state index in [1.807, 2.05) is 19.1 Å². The van der Waals surface area contributed by atoms with E-state index < -0.39 is 0 Å². The quantitative estimate of drug-likeness (QED) is 0.331. The van der Waals surface area contributed by atoms with Crippen LogP contribution in [0.25, 0.3) is 0 Å². The van der Waals surface area contributed by atoms with Crippen LogP contribution in [0.5, 0.6) is 5.88 Å². The Morgan fingerprint density at radius 3 is 2.70 bits per heavy atom. The van der Waals surface area contributed by atoms with E-state index >= 15 is 0 Å². The van der Waals surface area contributed by atoms with Crippen molar-refractivity contribution in [1.29, 1.82) is 0 Å². The van der Waals surface area contributed by atoms with Crippen molar-refractivity contribution in [3.63, 3.8) is 0 Å². The normalized spacial score (nSPS) is 15.8. The number of nitrogens with one attached hydrogen (secondary N) is 2. The summed E-state index contributed by atoms with van der Waals surface area (Å²) in [4.78, 5) is 11.5. The van der Waals surface area contributed by atoms with Gasteiger partial charge in [0.2, 0.25) is 5.88 Å². The molecule has 0 aliphatic carbocycles. The summed E-state index contributed by atoms with van der Waals surface area (Å²) in [7, 11) is 0. The van der Waals surface area contributed by atoms with Gasteiger partial charge >= 0.3 is 0 Å². The molecular formula is C19H34IN5O2. The van der Waals surface area contributed by atoms with Crippen LogP contribution in [-0.2, 0) is 11.3 Å². The predicted molar refractivity (Wildman–Crippen MR) is 120 cm³/mol. The lowest BCUT2D eigenvalue weighted by atomic mass is 10.0. The second kappa shape index (κ2) is 12.4. The molecule has 1 aromatic rings. The molecule has 0 bridgehead atoms. The van der Waals surface area contributed by atoms with Crippen molar-refractivity contribution in [3.05, 3.63) is 23.9 Å². The Labute approximate surface area is 180 Å². The van der Waals surface area contributed by atoms with E-state index in [9.17, 15) is 0 Å². The SMILES string of the molecule is CCNC(=NCc1cccnc1OCC)NCC(C)(C)N1CCOCC1.I. The zero-order chi connectivity index (χ0) is 18.8. The lowest BCUT2D eigenvalue weighted by Crippen LogP contribution is -2.56. The van der Waals surface area contributed by atoms with Crippen LogP contribution >= 0.6 is 24.0 Å². The van der Waals surface area contributed by atoms with Crippen LogP contribution in [0.15, 0.2) is 23.3 Å². The summed E-state index contributed by atoms with van der Waals surface area (Å²) in [6.45, 7) is 14.8. The standard InChI is InChI=1S/C19H33N5O2.HI/c1-5-20-18(22-14-16-8-7-9-21-17(16)26-6-2)23-15-19(3,4)24-10-12-25-13-11-24;/h7-9H,5-6,10-15H2,1-4H3,(H2,20,22,23);1H. The van der Waals surface area contributed by atoms with Gasteiger partial charge in [-0.3, -0.25) is 4.90 Å². The summed E-state index contributed by atoms with van der Waals surface area (Å²) in [5, 5.41) is 6.79. The maximum Gasteiger partial charge on any atom is 0.218 e. The van der Waals surface area contributed by atoms with Gasteiger partial charge in [-0.05, 0) is 33.8 Å². The van der Waals surface area contributed by atoms with E-state index in [2.05, 4.69) is 41.3 Å². The van der Waals surface area contributed by atoms with E-state index in [0.717, 1.165) is 50.9 Å². The van der Waals surface area contributed by atoms with Crippen molar-refractivity contribution < 1.29 is 9.47 Å². The fourth-order valence-corrected chi connectivity index (χ4v) is 2.90. The van der Waals surface area contributed by atoms with E-state index in [1.54, 1.807) is 6.20 Å². The molecule has 1 aliphatic heterocycles. The molecule has 2 N–H and O–H groups in total. The van der Waals surface area contributed by atoms with Gasteiger partial charge < -0.3 is 20.1 Å². The second-order valence-electron chi connectivity index (χ2n) is 6.86. The van der Waals surface area contributed by atoms with Gasteiger partial charge in [0.25, 0.3) is 0 Å². The topological polar surface area (TPSA) is 71.0 Å². The fourth-order valence-electron chi connectivity index (χ4n) is 2.90. The Hall–Kier alpha value is -1.13. The number of hydrogen-bond donors (Lipinski definition) is 2. The molecule has 0 unspecified atom stereocenters. The highest BCUT2D eigenvalue weighted by Crippen LogP contribution is 2.16. The Morgan fingerprint density at radius 2 is 2.04 bits per heavy atom. The zero-order valence-electron chi connectivity index (χ0n) is 17.0. The van der Waals surface area contributed by atoms with Crippen LogP contribution in [0.1, 0.15) is 33.3 Å². The van der Waals surface area contributed by atoms with Gasteiger partial charge in [-0.25, -0.2) is 9.98 Å². The highest BCUT2D eigenvalue weighted by Gasteiger charge is 2.28. The zero-order valence-corrected chi connectivity index (χ0v) is 19.3. The molecule has 1 aliphatic rings. The number of halogens is 1. The summed E-state index contributed by atoms with van der Waals surface area (Å²) in [5.41, 5.74) is 1.02. The number of morpholine rings is 1. The van der Waals surface area contributed by atoms with Crippen LogP contribution in [0.4, 0.5) is 0 Å². The first-order valence-corrected chi connectivity index (χ1v) is 9.48. The van der Waals surface area contributed by atoms with Crippen LogP contribution in [0.2, 0.25) is 0 Å². The minimum Gasteiger partial charge on any atom is -0.478 e. The molecule has 2 heterocycles. The largest absolute Gasteiger partial charge is 0.478 e. The molecule has 0 saturated carbocycles. The number of aromatic nitrogens is 1. The predicted octanol–water partition coefficient (Wildman–Crippen LogP) is 2.26. The molecule has 1 fully saturated rings. The molecule has 0 amide bonds. The number of nitrogens with zero attached hydrogens (tertiary/aromatic N) is 3. The number of hydrogen-bond acceptors (Lipinski definition) is 5. The molecule has 154 valence electrons. The van der Waals surface area contributed by atoms with Crippen LogP contribution < -0.4 is 15.4 Å². The van der Waals surface area contributed by atoms with E-state index in [0.29, 0.717) is 19.0 Å². The molecule has 0 spiro atoms. The minimum absolute atomic E-state index is 0. The minimum atomic E-state index is 0. The number of aliphatic imine (C=N–C) groups is 1. The maximum absolute atomic E-state index is 5.58. The van der Waals surface area contributed by atoms with Crippen molar-refractivity contribution in [1.82, 2.24) is 20.5 Å². The van der Waals surface area contributed by atoms with Gasteiger partial charge in [-0.15, -0.1) is 24.0 Å². The van der Waals surface area contributed by atoms with Gasteiger partial charge in [-0.1, -0.05) is 6.07 Å². The molecule has 27 heavy (non-hydrogen) atoms. The first-order chi connectivity index (χ1) is 12.6. The first-order valence-electron chi connectivity index (χ1n) is 9.48. The Balaban J connectivity index is 0.00000364. The molecule has 0 radical (unpaired) electrons. The molecule has 1 aromatic heterocycles. The summed E-state index contributed by atoms with van der Waals surface area (Å²) in [6.07, 6.45) is 1.74. The van der Waals surface area contributed by atoms with Crippen molar-refractivity contribution in [3.8, 4) is 5.88 Å². The summed E-state index contributed by atoms with van der Waals surface area (Å²) < 4.78 is 11.0. The van der Waals surface area contributed by atoms with Crippen molar-refractivity contribution in [2.75, 3.05) is 46.0 Å². The fraction of sp³-hybridized carbons (Fsp3) is 0.684. The average Bonchev–Trinajstić information content (AvgIpc) is 2.66. The van der Waals surface area contributed by atoms with E-state index in [1.165, 1.54) is 0 Å². The van der Waals surface area contributed by atoms with Crippen molar-refractivity contribution in [2.24, 2.45) is 4.99 Å². The number of guanidine groups is 1. The van der Waals surface area contributed by atoms with Gasteiger partial charge in [-0.2, -0.15) is 0 Å². The third kappa shape index (κ3) is 7.79. The third-order valence-electron chi connectivity index (χ3n) is 4.44. The van der Waals surface area contributed by atoms with E-state index in [4.69, 9.17) is 14.5 Å². The molecule has 2 rings (SSSR count). The van der Waals surface area contributed by atoms with Crippen molar-refractivity contribution in [2.45, 2.75) is 39.8 Å². The molecule has 0 atom stereocenters. The highest BCUT2D eigenvalue weighted by atomic mass is 127. The Bertz CT molecular complexity index is 577. The lowest BCUT2D eigenvalue weighted by molar-refractivity contribution is -0.00834. The molecular weight excluding hydrogens is 457 g/mol. The first kappa shape index (κ1) is 23.9. The van der Waals surface area contributed by atoms with Crippen molar-refractivity contribution >= 4 is 29.9 Å². The monoisotopic (exact) mass is 491 g/mol. The van der Waals surface area contributed by atoms with Crippen LogP contribution in [0, 0.1) is 0 Å². The molecule has 0 aromatic carbocycles. The van der Waals surface area contributed by atoms with Gasteiger partial charge in [0.1, 0.15) is 0 Å². The Morgan fingerprint density at radius 1 is 1.30 bits per heavy atom. The average molecular weight is 491 g/mol. The summed E-state index contributed by atoms with van der Waals surface area (Å²) in [5.74, 6) is 1.46. The van der Waals surface area contributed by atoms with E-state index in [-0.39, 0.29) is 29.5 Å². The number of pyridine rings is 1. The summed E-state index contributed by atoms with van der Waals surface area (Å²) in [6, 6.07) is 3.91.